The molecule has 2 heterocycles. The molecule has 3 nitrogen and oxygen atoms in total. The molecule has 0 aliphatic carbocycles. The summed E-state index contributed by atoms with van der Waals surface area (Å²) >= 11 is 3.63. The standard InChI is InChI=1S/C14H16BrN3/c1-2-18-9-17-14-12(18)7-8-16-13(14)10-5-3-4-6-11(10)15/h3-6,9,13,16H,2,7-8H2,1H3. The molecule has 1 N–H and O–H groups in total. The molecule has 1 aliphatic heterocycles. The van der Waals surface area contributed by atoms with Crippen molar-refractivity contribution in [3.05, 3.63) is 52.0 Å². The zero-order valence-electron chi connectivity index (χ0n) is 10.4. The first-order chi connectivity index (χ1) is 8.81. The van der Waals surface area contributed by atoms with Gasteiger partial charge in [0.1, 0.15) is 0 Å². The van der Waals surface area contributed by atoms with Crippen LogP contribution in [0, 0.1) is 0 Å². The van der Waals surface area contributed by atoms with Gasteiger partial charge in [0.2, 0.25) is 0 Å². The fourth-order valence-electron chi connectivity index (χ4n) is 2.61. The van der Waals surface area contributed by atoms with Crippen LogP contribution in [-0.2, 0) is 13.0 Å². The maximum atomic E-state index is 4.61. The molecular weight excluding hydrogens is 290 g/mol. The molecule has 0 spiro atoms. The number of nitrogens with one attached hydrogen (secondary N) is 1. The summed E-state index contributed by atoms with van der Waals surface area (Å²) in [5.74, 6) is 0. The number of halogens is 1. The third-order valence-electron chi connectivity index (χ3n) is 3.52. The van der Waals surface area contributed by atoms with Gasteiger partial charge in [0.05, 0.1) is 18.1 Å². The van der Waals surface area contributed by atoms with Gasteiger partial charge >= 0.3 is 0 Å². The highest BCUT2D eigenvalue weighted by atomic mass is 79.9. The number of aromatic nitrogens is 2. The van der Waals surface area contributed by atoms with Gasteiger partial charge in [-0.25, -0.2) is 4.98 Å². The van der Waals surface area contributed by atoms with Crippen molar-refractivity contribution in [2.45, 2.75) is 25.9 Å². The highest BCUT2D eigenvalue weighted by Crippen LogP contribution is 2.31. The normalized spacial score (nSPS) is 18.7. The lowest BCUT2D eigenvalue weighted by Crippen LogP contribution is -2.31. The Labute approximate surface area is 115 Å². The monoisotopic (exact) mass is 305 g/mol. The fraction of sp³-hybridized carbons (Fsp3) is 0.357. The highest BCUT2D eigenvalue weighted by molar-refractivity contribution is 9.10. The van der Waals surface area contributed by atoms with E-state index in [0.29, 0.717) is 0 Å². The lowest BCUT2D eigenvalue weighted by atomic mass is 9.98. The second kappa shape index (κ2) is 4.86. The van der Waals surface area contributed by atoms with Crippen molar-refractivity contribution < 1.29 is 0 Å². The summed E-state index contributed by atoms with van der Waals surface area (Å²) < 4.78 is 3.39. The lowest BCUT2D eigenvalue weighted by molar-refractivity contribution is 0.537. The number of benzene rings is 1. The summed E-state index contributed by atoms with van der Waals surface area (Å²) in [6.45, 7) is 4.16. The molecule has 0 amide bonds. The van der Waals surface area contributed by atoms with Gasteiger partial charge in [-0.15, -0.1) is 0 Å². The van der Waals surface area contributed by atoms with Crippen LogP contribution in [0.25, 0.3) is 0 Å². The van der Waals surface area contributed by atoms with Crippen molar-refractivity contribution in [2.24, 2.45) is 0 Å². The largest absolute Gasteiger partial charge is 0.334 e. The summed E-state index contributed by atoms with van der Waals surface area (Å²) in [7, 11) is 0. The molecule has 0 saturated heterocycles. The van der Waals surface area contributed by atoms with Crippen molar-refractivity contribution >= 4 is 15.9 Å². The second-order valence-electron chi connectivity index (χ2n) is 4.52. The second-order valence-corrected chi connectivity index (χ2v) is 5.38. The first-order valence-corrected chi connectivity index (χ1v) is 7.12. The van der Waals surface area contributed by atoms with E-state index in [4.69, 9.17) is 0 Å². The first kappa shape index (κ1) is 11.9. The summed E-state index contributed by atoms with van der Waals surface area (Å²) in [6.07, 6.45) is 3.02. The minimum absolute atomic E-state index is 0.206. The topological polar surface area (TPSA) is 29.9 Å². The summed E-state index contributed by atoms with van der Waals surface area (Å²) in [5.41, 5.74) is 3.81. The van der Waals surface area contributed by atoms with Crippen LogP contribution in [0.15, 0.2) is 35.1 Å². The highest BCUT2D eigenvalue weighted by Gasteiger charge is 2.26. The molecule has 1 aliphatic rings. The number of nitrogens with zero attached hydrogens (tertiary/aromatic N) is 2. The Morgan fingerprint density at radius 2 is 2.28 bits per heavy atom. The van der Waals surface area contributed by atoms with E-state index < -0.39 is 0 Å². The van der Waals surface area contributed by atoms with Crippen LogP contribution >= 0.6 is 15.9 Å². The molecule has 4 heteroatoms. The van der Waals surface area contributed by atoms with Gasteiger partial charge < -0.3 is 9.88 Å². The minimum Gasteiger partial charge on any atom is -0.334 e. The van der Waals surface area contributed by atoms with Crippen LogP contribution in [0.4, 0.5) is 0 Å². The van der Waals surface area contributed by atoms with Crippen LogP contribution < -0.4 is 5.32 Å². The zero-order chi connectivity index (χ0) is 12.5. The molecule has 1 atom stereocenters. The van der Waals surface area contributed by atoms with Gasteiger partial charge in [0.15, 0.2) is 0 Å². The van der Waals surface area contributed by atoms with Gasteiger partial charge in [-0.3, -0.25) is 0 Å². The molecule has 0 fully saturated rings. The van der Waals surface area contributed by atoms with Crippen molar-refractivity contribution in [3.8, 4) is 0 Å². The number of hydrogen-bond donors (Lipinski definition) is 1. The van der Waals surface area contributed by atoms with Gasteiger partial charge in [-0.1, -0.05) is 34.1 Å². The maximum Gasteiger partial charge on any atom is 0.0952 e. The van der Waals surface area contributed by atoms with Gasteiger partial charge in [0, 0.05) is 29.7 Å². The Bertz CT molecular complexity index is 562. The Balaban J connectivity index is 2.07. The van der Waals surface area contributed by atoms with Gasteiger partial charge in [0.25, 0.3) is 0 Å². The Hall–Kier alpha value is -1.13. The van der Waals surface area contributed by atoms with Crippen LogP contribution in [0.1, 0.15) is 29.9 Å². The number of rotatable bonds is 2. The number of fused-ring (bicyclic) bond motifs is 1. The average Bonchev–Trinajstić information content (AvgIpc) is 2.82. The third-order valence-corrected chi connectivity index (χ3v) is 4.24. The molecule has 0 saturated carbocycles. The van der Waals surface area contributed by atoms with E-state index in [2.05, 4.69) is 55.9 Å². The zero-order valence-corrected chi connectivity index (χ0v) is 11.9. The van der Waals surface area contributed by atoms with E-state index in [1.165, 1.54) is 17.0 Å². The fourth-order valence-corrected chi connectivity index (χ4v) is 3.12. The van der Waals surface area contributed by atoms with E-state index in [-0.39, 0.29) is 6.04 Å². The molecule has 1 aromatic carbocycles. The molecule has 18 heavy (non-hydrogen) atoms. The number of hydrogen-bond acceptors (Lipinski definition) is 2. The molecule has 1 unspecified atom stereocenters. The SMILES string of the molecule is CCn1cnc2c1CCNC2c1ccccc1Br. The molecular formula is C14H16BrN3. The maximum absolute atomic E-state index is 4.61. The lowest BCUT2D eigenvalue weighted by Gasteiger charge is -2.25. The van der Waals surface area contributed by atoms with Crippen molar-refractivity contribution in [2.75, 3.05) is 6.54 Å². The van der Waals surface area contributed by atoms with E-state index in [9.17, 15) is 0 Å². The Morgan fingerprint density at radius 1 is 1.44 bits per heavy atom. The molecule has 0 bridgehead atoms. The summed E-state index contributed by atoms with van der Waals surface area (Å²) in [6, 6.07) is 8.57. The third kappa shape index (κ3) is 1.89. The van der Waals surface area contributed by atoms with Crippen molar-refractivity contribution in [1.82, 2.24) is 14.9 Å². The smallest absolute Gasteiger partial charge is 0.0952 e. The van der Waals surface area contributed by atoms with E-state index >= 15 is 0 Å². The average molecular weight is 306 g/mol. The van der Waals surface area contributed by atoms with Crippen LogP contribution in [0.5, 0.6) is 0 Å². The number of aryl methyl sites for hydroxylation is 1. The van der Waals surface area contributed by atoms with Crippen LogP contribution in [0.3, 0.4) is 0 Å². The Morgan fingerprint density at radius 3 is 3.06 bits per heavy atom. The molecule has 94 valence electrons. The van der Waals surface area contributed by atoms with E-state index in [1.807, 2.05) is 12.4 Å². The minimum atomic E-state index is 0.206. The molecule has 2 aromatic rings. The summed E-state index contributed by atoms with van der Waals surface area (Å²) in [4.78, 5) is 4.61. The Kier molecular flexibility index (Phi) is 3.22. The van der Waals surface area contributed by atoms with E-state index in [0.717, 1.165) is 24.0 Å². The van der Waals surface area contributed by atoms with Gasteiger partial charge in [-0.2, -0.15) is 0 Å². The summed E-state index contributed by atoms with van der Waals surface area (Å²) in [5, 5.41) is 3.56. The van der Waals surface area contributed by atoms with Crippen molar-refractivity contribution in [3.63, 3.8) is 0 Å². The van der Waals surface area contributed by atoms with Crippen LogP contribution in [-0.4, -0.2) is 16.1 Å². The predicted octanol–water partition coefficient (Wildman–Crippen LogP) is 2.90. The molecule has 3 rings (SSSR count). The number of imidazole rings is 1. The van der Waals surface area contributed by atoms with Crippen molar-refractivity contribution in [1.29, 1.82) is 0 Å². The first-order valence-electron chi connectivity index (χ1n) is 6.33. The molecule has 0 radical (unpaired) electrons. The van der Waals surface area contributed by atoms with Gasteiger partial charge in [-0.05, 0) is 18.6 Å². The quantitative estimate of drug-likeness (QED) is 0.924. The predicted molar refractivity (Wildman–Crippen MR) is 75.6 cm³/mol. The van der Waals surface area contributed by atoms with E-state index in [1.54, 1.807) is 0 Å². The molecule has 1 aromatic heterocycles. The van der Waals surface area contributed by atoms with Crippen LogP contribution in [0.2, 0.25) is 0 Å².